The highest BCUT2D eigenvalue weighted by molar-refractivity contribution is 7.92. The Hall–Kier alpha value is -3.92. The molecule has 0 saturated carbocycles. The minimum atomic E-state index is -4.48. The number of nitrogens with one attached hydrogen (secondary N) is 1. The average molecular weight is 522 g/mol. The first-order chi connectivity index (χ1) is 16.8. The van der Waals surface area contributed by atoms with Crippen molar-refractivity contribution < 1.29 is 26.3 Å². The molecule has 0 aliphatic rings. The standard InChI is InChI=1S/C23H22F3N5O4S/c1-14-6-4-7-16(12-27)20(14)35-22-28-18(17-10-15(2)21(32)31(3)13-17)11-19(29-22)30-36(33,34)9-5-8-23(24,25)26/h4,6-7,10-11,13H,5,8-9H2,1-3H3,(H,28,29,30). The van der Waals surface area contributed by atoms with E-state index in [0.29, 0.717) is 16.7 Å². The van der Waals surface area contributed by atoms with Crippen LogP contribution in [0.4, 0.5) is 19.0 Å². The first-order valence-corrected chi connectivity index (χ1v) is 12.2. The van der Waals surface area contributed by atoms with Crippen molar-refractivity contribution in [3.63, 3.8) is 0 Å². The molecule has 0 spiro atoms. The van der Waals surface area contributed by atoms with E-state index in [4.69, 9.17) is 4.74 Å². The van der Waals surface area contributed by atoms with Crippen LogP contribution in [0.3, 0.4) is 0 Å². The maximum Gasteiger partial charge on any atom is 0.389 e. The van der Waals surface area contributed by atoms with Crippen LogP contribution in [0.5, 0.6) is 11.8 Å². The number of anilines is 1. The van der Waals surface area contributed by atoms with Gasteiger partial charge in [-0.2, -0.15) is 28.4 Å². The van der Waals surface area contributed by atoms with Crippen LogP contribution in [0.1, 0.15) is 29.5 Å². The second-order valence-electron chi connectivity index (χ2n) is 8.05. The number of ether oxygens (including phenoxy) is 1. The lowest BCUT2D eigenvalue weighted by molar-refractivity contribution is -0.134. The first-order valence-electron chi connectivity index (χ1n) is 10.6. The summed E-state index contributed by atoms with van der Waals surface area (Å²) in [5.74, 6) is -0.870. The van der Waals surface area contributed by atoms with Crippen molar-refractivity contribution in [2.45, 2.75) is 32.9 Å². The number of hydrogen-bond donors (Lipinski definition) is 1. The first kappa shape index (κ1) is 26.7. The summed E-state index contributed by atoms with van der Waals surface area (Å²) < 4.78 is 71.5. The Morgan fingerprint density at radius 3 is 2.53 bits per heavy atom. The number of aromatic nitrogens is 3. The molecule has 2 aromatic heterocycles. The molecular weight excluding hydrogens is 499 g/mol. The Bertz CT molecular complexity index is 1470. The quantitative estimate of drug-likeness (QED) is 0.470. The number of pyridine rings is 1. The zero-order valence-corrected chi connectivity index (χ0v) is 20.4. The number of alkyl halides is 3. The number of nitrogens with zero attached hydrogens (tertiary/aromatic N) is 4. The van der Waals surface area contributed by atoms with Gasteiger partial charge in [-0.3, -0.25) is 9.52 Å². The summed E-state index contributed by atoms with van der Waals surface area (Å²) in [6.07, 6.45) is -4.88. The summed E-state index contributed by atoms with van der Waals surface area (Å²) in [4.78, 5) is 20.5. The number of halogens is 3. The van der Waals surface area contributed by atoms with Gasteiger partial charge in [-0.15, -0.1) is 0 Å². The molecule has 0 aliphatic carbocycles. The summed E-state index contributed by atoms with van der Waals surface area (Å²) in [5, 5.41) is 9.41. The molecule has 0 fully saturated rings. The van der Waals surface area contributed by atoms with Crippen molar-refractivity contribution in [1.82, 2.24) is 14.5 Å². The molecule has 9 nitrogen and oxygen atoms in total. The smallest absolute Gasteiger partial charge is 0.389 e. The van der Waals surface area contributed by atoms with Gasteiger partial charge in [0.05, 0.1) is 17.0 Å². The third-order valence-electron chi connectivity index (χ3n) is 5.02. The topological polar surface area (TPSA) is 127 Å². The molecule has 2 heterocycles. The fourth-order valence-corrected chi connectivity index (χ4v) is 4.38. The lowest BCUT2D eigenvalue weighted by Crippen LogP contribution is -2.20. The second-order valence-corrected chi connectivity index (χ2v) is 9.90. The Morgan fingerprint density at radius 1 is 1.17 bits per heavy atom. The van der Waals surface area contributed by atoms with Crippen molar-refractivity contribution in [3.8, 4) is 29.1 Å². The van der Waals surface area contributed by atoms with Gasteiger partial charge in [-0.25, -0.2) is 8.42 Å². The van der Waals surface area contributed by atoms with E-state index < -0.39 is 34.8 Å². The van der Waals surface area contributed by atoms with Gasteiger partial charge in [-0.05, 0) is 38.0 Å². The lowest BCUT2D eigenvalue weighted by Gasteiger charge is -2.14. The molecule has 13 heteroatoms. The number of benzene rings is 1. The zero-order valence-electron chi connectivity index (χ0n) is 19.5. The molecule has 0 bridgehead atoms. The molecule has 190 valence electrons. The molecule has 3 rings (SSSR count). The van der Waals surface area contributed by atoms with Crippen LogP contribution in [0.2, 0.25) is 0 Å². The minimum absolute atomic E-state index is 0.160. The number of para-hydroxylation sites is 1. The van der Waals surface area contributed by atoms with Gasteiger partial charge in [0.25, 0.3) is 5.56 Å². The van der Waals surface area contributed by atoms with Crippen LogP contribution in [-0.2, 0) is 17.1 Å². The maximum absolute atomic E-state index is 12.4. The highest BCUT2D eigenvalue weighted by Crippen LogP contribution is 2.30. The molecule has 0 unspecified atom stereocenters. The Balaban J connectivity index is 2.05. The summed E-state index contributed by atoms with van der Waals surface area (Å²) in [6, 6.07) is 9.38. The minimum Gasteiger partial charge on any atom is -0.423 e. The van der Waals surface area contributed by atoms with Gasteiger partial charge in [0.15, 0.2) is 5.75 Å². The SMILES string of the molecule is Cc1cccc(C#N)c1Oc1nc(NS(=O)(=O)CCCC(F)(F)F)cc(-c2cc(C)c(=O)n(C)c2)n1. The number of aryl methyl sites for hydroxylation is 3. The number of rotatable bonds is 8. The van der Waals surface area contributed by atoms with Crippen molar-refractivity contribution in [2.75, 3.05) is 10.5 Å². The van der Waals surface area contributed by atoms with Gasteiger partial charge in [0, 0.05) is 36.9 Å². The molecule has 0 aliphatic heterocycles. The fraction of sp³-hybridized carbons (Fsp3) is 0.304. The highest BCUT2D eigenvalue weighted by Gasteiger charge is 2.27. The third kappa shape index (κ3) is 6.82. The van der Waals surface area contributed by atoms with Crippen LogP contribution < -0.4 is 15.0 Å². The van der Waals surface area contributed by atoms with E-state index in [1.807, 2.05) is 6.07 Å². The highest BCUT2D eigenvalue weighted by atomic mass is 32.2. The number of hydrogen-bond acceptors (Lipinski definition) is 7. The molecule has 0 saturated heterocycles. The fourth-order valence-electron chi connectivity index (χ4n) is 3.33. The molecule has 36 heavy (non-hydrogen) atoms. The van der Waals surface area contributed by atoms with Gasteiger partial charge in [0.1, 0.15) is 11.9 Å². The summed E-state index contributed by atoms with van der Waals surface area (Å²) in [6.45, 7) is 3.29. The van der Waals surface area contributed by atoms with E-state index in [-0.39, 0.29) is 34.4 Å². The van der Waals surface area contributed by atoms with Crippen molar-refractivity contribution >= 4 is 15.8 Å². The van der Waals surface area contributed by atoms with Crippen LogP contribution >= 0.6 is 0 Å². The predicted molar refractivity (Wildman–Crippen MR) is 126 cm³/mol. The number of sulfonamides is 1. The van der Waals surface area contributed by atoms with E-state index in [0.717, 1.165) is 0 Å². The van der Waals surface area contributed by atoms with Crippen molar-refractivity contribution in [1.29, 1.82) is 5.26 Å². The lowest BCUT2D eigenvalue weighted by atomic mass is 10.1. The predicted octanol–water partition coefficient (Wildman–Crippen LogP) is 4.21. The van der Waals surface area contributed by atoms with E-state index in [2.05, 4.69) is 14.7 Å². The molecular formula is C23H22F3N5O4S. The average Bonchev–Trinajstić information content (AvgIpc) is 2.77. The molecule has 0 atom stereocenters. The molecule has 0 amide bonds. The molecule has 3 aromatic rings. The Morgan fingerprint density at radius 2 is 1.89 bits per heavy atom. The van der Waals surface area contributed by atoms with E-state index >= 15 is 0 Å². The largest absolute Gasteiger partial charge is 0.423 e. The van der Waals surface area contributed by atoms with Gasteiger partial charge in [-0.1, -0.05) is 12.1 Å². The van der Waals surface area contributed by atoms with Crippen LogP contribution in [0, 0.1) is 25.2 Å². The summed E-state index contributed by atoms with van der Waals surface area (Å²) >= 11 is 0. The number of nitriles is 1. The monoisotopic (exact) mass is 521 g/mol. The zero-order chi connectivity index (χ0) is 26.7. The Kier molecular flexibility index (Phi) is 7.68. The van der Waals surface area contributed by atoms with Gasteiger partial charge >= 0.3 is 12.2 Å². The van der Waals surface area contributed by atoms with Crippen LogP contribution in [0.15, 0.2) is 41.3 Å². The maximum atomic E-state index is 12.4. The van der Waals surface area contributed by atoms with E-state index in [1.54, 1.807) is 32.0 Å². The van der Waals surface area contributed by atoms with Gasteiger partial charge < -0.3 is 9.30 Å². The Labute approximate surface area is 205 Å². The van der Waals surface area contributed by atoms with E-state index in [9.17, 15) is 31.6 Å². The summed E-state index contributed by atoms with van der Waals surface area (Å²) in [5.41, 5.74) is 1.56. The van der Waals surface area contributed by atoms with Crippen molar-refractivity contribution in [3.05, 3.63) is 63.6 Å². The molecule has 1 aromatic carbocycles. The molecule has 0 radical (unpaired) electrons. The third-order valence-corrected chi connectivity index (χ3v) is 6.37. The van der Waals surface area contributed by atoms with E-state index in [1.165, 1.54) is 29.9 Å². The van der Waals surface area contributed by atoms with Crippen molar-refractivity contribution in [2.24, 2.45) is 7.05 Å². The second kappa shape index (κ2) is 10.4. The van der Waals surface area contributed by atoms with Gasteiger partial charge in [0.2, 0.25) is 10.0 Å². The van der Waals surface area contributed by atoms with Crippen LogP contribution in [0.25, 0.3) is 11.3 Å². The van der Waals surface area contributed by atoms with Crippen LogP contribution in [-0.4, -0.2) is 34.9 Å². The summed E-state index contributed by atoms with van der Waals surface area (Å²) in [7, 11) is -2.66. The normalized spacial score (nSPS) is 11.7. The molecule has 1 N–H and O–H groups in total.